The highest BCUT2D eigenvalue weighted by Crippen LogP contribution is 2.24. The number of nitrogens with zero attached hydrogens (tertiary/aromatic N) is 5. The van der Waals surface area contributed by atoms with E-state index in [1.54, 1.807) is 18.2 Å². The van der Waals surface area contributed by atoms with Gasteiger partial charge in [0.25, 0.3) is 10.0 Å². The van der Waals surface area contributed by atoms with Crippen molar-refractivity contribution in [3.8, 4) is 6.07 Å². The van der Waals surface area contributed by atoms with Gasteiger partial charge in [0.1, 0.15) is 30.5 Å². The molecule has 13 nitrogen and oxygen atoms in total. The van der Waals surface area contributed by atoms with Gasteiger partial charge in [0.2, 0.25) is 0 Å². The molecule has 3 aromatic rings. The largest absolute Gasteiger partial charge is 0.388 e. The van der Waals surface area contributed by atoms with Gasteiger partial charge in [-0.05, 0) is 40.6 Å². The number of benzene rings is 2. The molecule has 0 amide bonds. The molecule has 0 spiro atoms. The number of sulfonamides is 1. The van der Waals surface area contributed by atoms with Crippen molar-refractivity contribution in [2.45, 2.75) is 43.8 Å². The average Bonchev–Trinajstić information content (AvgIpc) is 3.37. The van der Waals surface area contributed by atoms with Crippen molar-refractivity contribution in [1.29, 1.82) is 5.26 Å². The fourth-order valence-corrected chi connectivity index (χ4v) is 5.05. The van der Waals surface area contributed by atoms with Crippen LogP contribution in [0.4, 0.5) is 5.69 Å². The summed E-state index contributed by atoms with van der Waals surface area (Å²) < 4.78 is 39.8. The summed E-state index contributed by atoms with van der Waals surface area (Å²) in [5, 5.41) is 49.4. The number of nitrogens with one attached hydrogen (secondary N) is 1. The summed E-state index contributed by atoms with van der Waals surface area (Å²) in [7, 11) is 1.01. The second kappa shape index (κ2) is 11.8. The zero-order valence-corrected chi connectivity index (χ0v) is 22.4. The van der Waals surface area contributed by atoms with Crippen LogP contribution in [0.25, 0.3) is 16.8 Å². The molecule has 0 radical (unpaired) electrons. The minimum absolute atomic E-state index is 0.0497. The second-order valence-corrected chi connectivity index (χ2v) is 11.0. The Morgan fingerprint density at radius 3 is 2.59 bits per heavy atom. The first-order valence-corrected chi connectivity index (χ1v) is 13.4. The Bertz CT molecular complexity index is 1500. The molecule has 1 aromatic heterocycles. The van der Waals surface area contributed by atoms with E-state index in [0.717, 1.165) is 16.5 Å². The molecule has 1 aliphatic heterocycles. The first-order valence-electron chi connectivity index (χ1n) is 12.0. The lowest BCUT2D eigenvalue weighted by molar-refractivity contribution is -0.292. The number of aliphatic hydroxyl groups excluding tert-OH is 3. The van der Waals surface area contributed by atoms with Gasteiger partial charge in [-0.3, -0.25) is 0 Å². The van der Waals surface area contributed by atoms with Crippen molar-refractivity contribution < 1.29 is 33.2 Å². The Morgan fingerprint density at radius 2 is 1.90 bits per heavy atom. The van der Waals surface area contributed by atoms with Gasteiger partial charge in [-0.2, -0.15) is 5.26 Å². The van der Waals surface area contributed by atoms with Crippen molar-refractivity contribution in [1.82, 2.24) is 19.7 Å². The molecule has 208 valence electrons. The zero-order valence-electron chi connectivity index (χ0n) is 21.5. The molecule has 14 heteroatoms. The maximum Gasteiger partial charge on any atom is 0.251 e. The van der Waals surface area contributed by atoms with Gasteiger partial charge in [0.15, 0.2) is 11.2 Å². The van der Waals surface area contributed by atoms with Crippen LogP contribution >= 0.6 is 0 Å². The maximum absolute atomic E-state index is 12.8. The molecule has 39 heavy (non-hydrogen) atoms. The highest BCUT2D eigenvalue weighted by molar-refractivity contribution is 7.93. The highest BCUT2D eigenvalue weighted by atomic mass is 32.2. The lowest BCUT2D eigenvalue weighted by Crippen LogP contribution is -2.58. The predicted octanol–water partition coefficient (Wildman–Crippen LogP) is -0.0646. The van der Waals surface area contributed by atoms with E-state index in [-0.39, 0.29) is 18.8 Å². The Balaban J connectivity index is 1.43. The van der Waals surface area contributed by atoms with Gasteiger partial charge in [-0.15, -0.1) is 5.10 Å². The van der Waals surface area contributed by atoms with Crippen LogP contribution in [0.15, 0.2) is 47.5 Å². The molecule has 1 aliphatic rings. The predicted molar refractivity (Wildman–Crippen MR) is 141 cm³/mol. The molecule has 1 saturated heterocycles. The molecule has 5 atom stereocenters. The Labute approximate surface area is 225 Å². The van der Waals surface area contributed by atoms with Crippen molar-refractivity contribution >= 4 is 32.6 Å². The molecule has 2 heterocycles. The normalized spacial score (nSPS) is 24.0. The van der Waals surface area contributed by atoms with Crippen molar-refractivity contribution in [2.24, 2.45) is 0 Å². The third kappa shape index (κ3) is 6.43. The molecular formula is C25H30N6O7S. The monoisotopic (exact) mass is 558 g/mol. The first-order chi connectivity index (χ1) is 18.5. The van der Waals surface area contributed by atoms with E-state index < -0.39 is 45.6 Å². The number of hydrogen-bond acceptors (Lipinski definition) is 11. The highest BCUT2D eigenvalue weighted by Gasteiger charge is 2.44. The molecule has 0 saturated carbocycles. The minimum atomic E-state index is -4.17. The summed E-state index contributed by atoms with van der Waals surface area (Å²) >= 11 is 0. The number of allylic oxidation sites excluding steroid dienone is 1. The molecule has 4 rings (SSSR count). The van der Waals surface area contributed by atoms with Crippen LogP contribution in [-0.2, 0) is 32.6 Å². The van der Waals surface area contributed by atoms with E-state index in [4.69, 9.17) is 9.47 Å². The van der Waals surface area contributed by atoms with Gasteiger partial charge in [-0.25, -0.2) is 17.8 Å². The first kappa shape index (κ1) is 28.6. The van der Waals surface area contributed by atoms with Crippen LogP contribution in [0.3, 0.4) is 0 Å². The fraction of sp³-hybridized carbons (Fsp3) is 0.400. The summed E-state index contributed by atoms with van der Waals surface area (Å²) in [5.41, 5.74) is 1.83. The lowest BCUT2D eigenvalue weighted by atomic mass is 9.99. The van der Waals surface area contributed by atoms with Gasteiger partial charge in [0, 0.05) is 33.1 Å². The SMILES string of the molecule is COC1OC(Cn2cc(CNS(=O)(=O)C(C#N)=Cc3ccc4cc(N(C)C)ccc4c3)nn2)C(O)C(O)C1O. The van der Waals surface area contributed by atoms with E-state index in [1.165, 1.54) is 24.1 Å². The second-order valence-electron chi connectivity index (χ2n) is 9.31. The van der Waals surface area contributed by atoms with Gasteiger partial charge < -0.3 is 29.7 Å². The molecule has 0 aliphatic carbocycles. The van der Waals surface area contributed by atoms with Gasteiger partial charge in [0.05, 0.1) is 18.8 Å². The van der Waals surface area contributed by atoms with Crippen LogP contribution in [0.1, 0.15) is 11.3 Å². The maximum atomic E-state index is 12.8. The summed E-state index contributed by atoms with van der Waals surface area (Å²) in [6, 6.07) is 13.1. The summed E-state index contributed by atoms with van der Waals surface area (Å²) in [6.45, 7) is -0.297. The van der Waals surface area contributed by atoms with E-state index >= 15 is 0 Å². The average molecular weight is 559 g/mol. The number of anilines is 1. The Kier molecular flexibility index (Phi) is 8.62. The Hall–Kier alpha value is -3.42. The third-order valence-corrected chi connectivity index (χ3v) is 7.67. The number of aromatic nitrogens is 3. The van der Waals surface area contributed by atoms with E-state index in [0.29, 0.717) is 5.56 Å². The number of methoxy groups -OCH3 is 1. The number of nitriles is 1. The number of ether oxygens (including phenoxy) is 2. The number of aliphatic hydroxyl groups is 3. The summed E-state index contributed by atoms with van der Waals surface area (Å²) in [4.78, 5) is 1.52. The molecule has 5 unspecified atom stereocenters. The fourth-order valence-electron chi connectivity index (χ4n) is 4.14. The quantitative estimate of drug-likeness (QED) is 0.258. The summed E-state index contributed by atoms with van der Waals surface area (Å²) in [6.07, 6.45) is -3.70. The van der Waals surface area contributed by atoms with Crippen molar-refractivity contribution in [3.63, 3.8) is 0 Å². The van der Waals surface area contributed by atoms with Crippen LogP contribution in [0.5, 0.6) is 0 Å². The number of hydrogen-bond donors (Lipinski definition) is 4. The smallest absolute Gasteiger partial charge is 0.251 e. The van der Waals surface area contributed by atoms with E-state index in [9.17, 15) is 29.0 Å². The third-order valence-electron chi connectivity index (χ3n) is 6.36. The van der Waals surface area contributed by atoms with Crippen LogP contribution < -0.4 is 9.62 Å². The summed E-state index contributed by atoms with van der Waals surface area (Å²) in [5.74, 6) is 0. The van der Waals surface area contributed by atoms with Crippen LogP contribution in [0, 0.1) is 11.3 Å². The number of rotatable bonds is 9. The van der Waals surface area contributed by atoms with E-state index in [1.807, 2.05) is 43.3 Å². The molecule has 2 aromatic carbocycles. The minimum Gasteiger partial charge on any atom is -0.388 e. The van der Waals surface area contributed by atoms with Gasteiger partial charge >= 0.3 is 0 Å². The van der Waals surface area contributed by atoms with Crippen LogP contribution in [0.2, 0.25) is 0 Å². The lowest BCUT2D eigenvalue weighted by Gasteiger charge is -2.39. The standard InChI is InChI=1S/C25H30N6O7S/c1-30(2)19-7-6-16-8-15(4-5-17(16)10-19)9-20(11-26)39(35,36)27-12-18-13-31(29-28-18)14-21-22(32)23(33)24(34)25(37-3)38-21/h4-10,13,21-25,27,32-34H,12,14H2,1-3H3. The molecular weight excluding hydrogens is 528 g/mol. The van der Waals surface area contributed by atoms with Crippen molar-refractivity contribution in [2.75, 3.05) is 26.1 Å². The van der Waals surface area contributed by atoms with Crippen LogP contribution in [-0.4, -0.2) is 90.6 Å². The molecule has 0 bridgehead atoms. The number of fused-ring (bicyclic) bond motifs is 1. The Morgan fingerprint density at radius 1 is 1.18 bits per heavy atom. The molecule has 4 N–H and O–H groups in total. The van der Waals surface area contributed by atoms with Gasteiger partial charge in [-0.1, -0.05) is 23.4 Å². The van der Waals surface area contributed by atoms with E-state index in [2.05, 4.69) is 15.0 Å². The van der Waals surface area contributed by atoms with Crippen molar-refractivity contribution in [3.05, 3.63) is 58.8 Å². The zero-order chi connectivity index (χ0) is 28.3. The topological polar surface area (TPSA) is 183 Å². The molecule has 1 fully saturated rings.